The zero-order valence-electron chi connectivity index (χ0n) is 16.3. The maximum absolute atomic E-state index is 11.6. The molecule has 1 aliphatic rings. The standard InChI is InChI=1S/C18H34O6.C2H4/c1-2-3-4-5-6-7-8-9-10-11-16(21)23-13-15(20)18-17(22)14(19)12-24-18;1-2/h14-15,17-20,22H,2-13H2,1H3;1-2H2/t14-,15+,17+,18+;/m0./s1. The first-order chi connectivity index (χ1) is 12.6. The van der Waals surface area contributed by atoms with Crippen LogP contribution in [0.15, 0.2) is 13.2 Å². The van der Waals surface area contributed by atoms with Crippen LogP contribution in [-0.4, -0.2) is 58.9 Å². The number of hydrogen-bond acceptors (Lipinski definition) is 6. The molecule has 26 heavy (non-hydrogen) atoms. The highest BCUT2D eigenvalue weighted by Gasteiger charge is 2.39. The fraction of sp³-hybridized carbons (Fsp3) is 0.850. The molecule has 154 valence electrons. The third-order valence-corrected chi connectivity index (χ3v) is 4.47. The maximum Gasteiger partial charge on any atom is 0.305 e. The summed E-state index contributed by atoms with van der Waals surface area (Å²) in [5.41, 5.74) is 0. The molecule has 1 saturated heterocycles. The molecule has 1 fully saturated rings. The lowest BCUT2D eigenvalue weighted by molar-refractivity contribution is -0.151. The van der Waals surface area contributed by atoms with Gasteiger partial charge in [0.05, 0.1) is 6.61 Å². The van der Waals surface area contributed by atoms with Crippen LogP contribution >= 0.6 is 0 Å². The van der Waals surface area contributed by atoms with Gasteiger partial charge in [0.2, 0.25) is 0 Å². The van der Waals surface area contributed by atoms with Gasteiger partial charge in [0.25, 0.3) is 0 Å². The van der Waals surface area contributed by atoms with Crippen LogP contribution in [0.5, 0.6) is 0 Å². The SMILES string of the molecule is C=C.CCCCCCCCCCCC(=O)OC[C@@H](O)[C@H]1OC[C@H](O)[C@H]1O. The van der Waals surface area contributed by atoms with E-state index in [2.05, 4.69) is 20.1 Å². The molecular weight excluding hydrogens is 336 g/mol. The summed E-state index contributed by atoms with van der Waals surface area (Å²) in [4.78, 5) is 11.6. The number of unbranched alkanes of at least 4 members (excludes halogenated alkanes) is 8. The lowest BCUT2D eigenvalue weighted by Crippen LogP contribution is -2.41. The summed E-state index contributed by atoms with van der Waals surface area (Å²) >= 11 is 0. The highest BCUT2D eigenvalue weighted by atomic mass is 16.6. The number of carbonyl (C=O) groups excluding carboxylic acids is 1. The van der Waals surface area contributed by atoms with Crippen LogP contribution in [0.3, 0.4) is 0 Å². The highest BCUT2D eigenvalue weighted by Crippen LogP contribution is 2.18. The van der Waals surface area contributed by atoms with Gasteiger partial charge in [-0.25, -0.2) is 0 Å². The summed E-state index contributed by atoms with van der Waals surface area (Å²) in [5, 5.41) is 28.8. The predicted molar refractivity (Wildman–Crippen MR) is 102 cm³/mol. The molecule has 0 amide bonds. The van der Waals surface area contributed by atoms with Crippen molar-refractivity contribution in [3.63, 3.8) is 0 Å². The number of ether oxygens (including phenoxy) is 2. The molecule has 4 atom stereocenters. The molecular formula is C20H38O6. The summed E-state index contributed by atoms with van der Waals surface area (Å²) in [5.74, 6) is -0.343. The second-order valence-electron chi connectivity index (χ2n) is 6.68. The summed E-state index contributed by atoms with van der Waals surface area (Å²) < 4.78 is 10.1. The Kier molecular flexibility index (Phi) is 15.6. The smallest absolute Gasteiger partial charge is 0.305 e. The monoisotopic (exact) mass is 374 g/mol. The minimum atomic E-state index is -1.14. The predicted octanol–water partition coefficient (Wildman–Crippen LogP) is 2.73. The highest BCUT2D eigenvalue weighted by molar-refractivity contribution is 5.69. The van der Waals surface area contributed by atoms with Gasteiger partial charge in [0, 0.05) is 6.42 Å². The van der Waals surface area contributed by atoms with E-state index in [1.807, 2.05) is 0 Å². The Morgan fingerprint density at radius 3 is 2.12 bits per heavy atom. The Bertz CT molecular complexity index is 349. The van der Waals surface area contributed by atoms with E-state index in [1.165, 1.54) is 38.5 Å². The normalized spacial score (nSPS) is 23.2. The van der Waals surface area contributed by atoms with Crippen LogP contribution in [0.4, 0.5) is 0 Å². The van der Waals surface area contributed by atoms with Crippen LogP contribution in [0, 0.1) is 0 Å². The van der Waals surface area contributed by atoms with Crippen LogP contribution in [0.2, 0.25) is 0 Å². The Morgan fingerprint density at radius 2 is 1.62 bits per heavy atom. The van der Waals surface area contributed by atoms with Crippen molar-refractivity contribution in [1.82, 2.24) is 0 Å². The first kappa shape index (κ1) is 25.1. The molecule has 0 unspecified atom stereocenters. The summed E-state index contributed by atoms with van der Waals surface area (Å²) in [7, 11) is 0. The van der Waals surface area contributed by atoms with Crippen molar-refractivity contribution >= 4 is 5.97 Å². The zero-order valence-corrected chi connectivity index (χ0v) is 16.3. The minimum Gasteiger partial charge on any atom is -0.463 e. The van der Waals surface area contributed by atoms with E-state index in [-0.39, 0.29) is 19.2 Å². The molecule has 6 nitrogen and oxygen atoms in total. The molecule has 0 aliphatic carbocycles. The van der Waals surface area contributed by atoms with Crippen LogP contribution < -0.4 is 0 Å². The van der Waals surface area contributed by atoms with Crippen molar-refractivity contribution < 1.29 is 29.6 Å². The van der Waals surface area contributed by atoms with Crippen LogP contribution in [0.1, 0.15) is 71.1 Å². The molecule has 1 rings (SSSR count). The van der Waals surface area contributed by atoms with Crippen molar-refractivity contribution in [3.8, 4) is 0 Å². The number of esters is 1. The molecule has 0 bridgehead atoms. The first-order valence-corrected chi connectivity index (χ1v) is 9.87. The molecule has 0 saturated carbocycles. The number of hydrogen-bond donors (Lipinski definition) is 3. The third kappa shape index (κ3) is 10.9. The zero-order chi connectivity index (χ0) is 19.8. The van der Waals surface area contributed by atoms with Crippen molar-refractivity contribution in [2.45, 2.75) is 95.5 Å². The van der Waals surface area contributed by atoms with E-state index in [9.17, 15) is 20.1 Å². The molecule has 0 aromatic rings. The van der Waals surface area contributed by atoms with Gasteiger partial charge in [-0.15, -0.1) is 13.2 Å². The van der Waals surface area contributed by atoms with E-state index in [1.54, 1.807) is 0 Å². The van der Waals surface area contributed by atoms with Crippen LogP contribution in [-0.2, 0) is 14.3 Å². The maximum atomic E-state index is 11.6. The van der Waals surface area contributed by atoms with E-state index < -0.39 is 24.4 Å². The van der Waals surface area contributed by atoms with Gasteiger partial charge in [0.15, 0.2) is 0 Å². The molecule has 6 heteroatoms. The van der Waals surface area contributed by atoms with E-state index in [4.69, 9.17) is 9.47 Å². The van der Waals surface area contributed by atoms with Gasteiger partial charge in [-0.3, -0.25) is 4.79 Å². The number of aliphatic hydroxyl groups excluding tert-OH is 3. The quantitative estimate of drug-likeness (QED) is 0.261. The summed E-state index contributed by atoms with van der Waals surface area (Å²) in [6.45, 7) is 7.98. The molecule has 1 heterocycles. The average molecular weight is 375 g/mol. The van der Waals surface area contributed by atoms with Crippen molar-refractivity contribution in [1.29, 1.82) is 0 Å². The Labute approximate surface area is 158 Å². The first-order valence-electron chi connectivity index (χ1n) is 9.87. The minimum absolute atomic E-state index is 0.0186. The Morgan fingerprint density at radius 1 is 1.08 bits per heavy atom. The van der Waals surface area contributed by atoms with Gasteiger partial charge in [-0.05, 0) is 6.42 Å². The Balaban J connectivity index is 0.00000301. The summed E-state index contributed by atoms with van der Waals surface area (Å²) in [6, 6.07) is 0. The van der Waals surface area contributed by atoms with Crippen molar-refractivity contribution in [2.75, 3.05) is 13.2 Å². The lowest BCUT2D eigenvalue weighted by atomic mass is 10.1. The van der Waals surface area contributed by atoms with Gasteiger partial charge in [-0.1, -0.05) is 58.3 Å². The fourth-order valence-corrected chi connectivity index (χ4v) is 2.89. The number of aliphatic hydroxyl groups is 3. The summed E-state index contributed by atoms with van der Waals surface area (Å²) in [6.07, 6.45) is 6.84. The molecule has 0 spiro atoms. The number of rotatable bonds is 13. The molecule has 0 aromatic heterocycles. The average Bonchev–Trinajstić information content (AvgIpc) is 2.99. The van der Waals surface area contributed by atoms with Crippen LogP contribution in [0.25, 0.3) is 0 Å². The molecule has 0 aromatic carbocycles. The van der Waals surface area contributed by atoms with Gasteiger partial charge in [0.1, 0.15) is 31.0 Å². The van der Waals surface area contributed by atoms with Gasteiger partial charge < -0.3 is 24.8 Å². The molecule has 0 radical (unpaired) electrons. The molecule has 3 N–H and O–H groups in total. The van der Waals surface area contributed by atoms with E-state index in [0.29, 0.717) is 6.42 Å². The van der Waals surface area contributed by atoms with Crippen molar-refractivity contribution in [2.24, 2.45) is 0 Å². The van der Waals surface area contributed by atoms with E-state index in [0.717, 1.165) is 19.3 Å². The molecule has 1 aliphatic heterocycles. The fourth-order valence-electron chi connectivity index (χ4n) is 2.89. The number of carbonyl (C=O) groups is 1. The largest absolute Gasteiger partial charge is 0.463 e. The van der Waals surface area contributed by atoms with Gasteiger partial charge >= 0.3 is 5.97 Å². The van der Waals surface area contributed by atoms with Crippen molar-refractivity contribution in [3.05, 3.63) is 13.2 Å². The second-order valence-corrected chi connectivity index (χ2v) is 6.68. The van der Waals surface area contributed by atoms with E-state index >= 15 is 0 Å². The second kappa shape index (κ2) is 16.2. The van der Waals surface area contributed by atoms with Gasteiger partial charge in [-0.2, -0.15) is 0 Å². The topological polar surface area (TPSA) is 96.2 Å². The lowest BCUT2D eigenvalue weighted by Gasteiger charge is -2.20. The Hall–Kier alpha value is -0.950. The third-order valence-electron chi connectivity index (χ3n) is 4.47.